The highest BCUT2D eigenvalue weighted by molar-refractivity contribution is 6.31. The van der Waals surface area contributed by atoms with Gasteiger partial charge in [0, 0.05) is 27.9 Å². The minimum Gasteiger partial charge on any atom is -0.504 e. The molecule has 5 rings (SSSR count). The summed E-state index contributed by atoms with van der Waals surface area (Å²) in [6.07, 6.45) is 0.261. The van der Waals surface area contributed by atoms with Gasteiger partial charge in [-0.15, -0.1) is 0 Å². The predicted molar refractivity (Wildman–Crippen MR) is 121 cm³/mol. The van der Waals surface area contributed by atoms with Crippen LogP contribution in [0.3, 0.4) is 0 Å². The molecule has 0 unspecified atom stereocenters. The largest absolute Gasteiger partial charge is 0.504 e. The van der Waals surface area contributed by atoms with Crippen LogP contribution in [0.1, 0.15) is 31.9 Å². The van der Waals surface area contributed by atoms with Gasteiger partial charge in [0.1, 0.15) is 5.54 Å². The Balaban J connectivity index is 1.66. The summed E-state index contributed by atoms with van der Waals surface area (Å²) in [5, 5.41) is 26.2. The minimum absolute atomic E-state index is 0.253. The van der Waals surface area contributed by atoms with Crippen molar-refractivity contribution in [3.8, 4) is 11.5 Å². The second kappa shape index (κ2) is 6.95. The molecular weight excluding hydrogens is 446 g/mol. The summed E-state index contributed by atoms with van der Waals surface area (Å²) < 4.78 is 0. The van der Waals surface area contributed by atoms with E-state index in [9.17, 15) is 24.6 Å². The highest BCUT2D eigenvalue weighted by Crippen LogP contribution is 2.54. The van der Waals surface area contributed by atoms with Crippen molar-refractivity contribution in [2.45, 2.75) is 44.3 Å². The summed E-state index contributed by atoms with van der Waals surface area (Å²) in [7, 11) is 0. The fraction of sp³-hybridized carbons (Fsp3) is 0.375. The number of imide groups is 1. The minimum atomic E-state index is -1.44. The van der Waals surface area contributed by atoms with E-state index >= 15 is 0 Å². The predicted octanol–water partition coefficient (Wildman–Crippen LogP) is 2.51. The van der Waals surface area contributed by atoms with Crippen LogP contribution in [-0.4, -0.2) is 44.4 Å². The molecule has 0 aliphatic carbocycles. The van der Waals surface area contributed by atoms with E-state index in [-0.39, 0.29) is 23.8 Å². The van der Waals surface area contributed by atoms with Gasteiger partial charge < -0.3 is 15.5 Å². The zero-order valence-electron chi connectivity index (χ0n) is 18.3. The molecule has 2 aromatic rings. The van der Waals surface area contributed by atoms with Gasteiger partial charge in [0.25, 0.3) is 0 Å². The van der Waals surface area contributed by atoms with Crippen LogP contribution in [-0.2, 0) is 26.3 Å². The van der Waals surface area contributed by atoms with Crippen molar-refractivity contribution in [3.63, 3.8) is 0 Å². The normalized spacial score (nSPS) is 28.4. The number of phenolic OH excluding ortho intramolecular Hbond substituents is 2. The Kier molecular flexibility index (Phi) is 4.58. The van der Waals surface area contributed by atoms with Gasteiger partial charge in [-0.05, 0) is 63.1 Å². The van der Waals surface area contributed by atoms with E-state index < -0.39 is 40.8 Å². The van der Waals surface area contributed by atoms with Crippen molar-refractivity contribution in [1.82, 2.24) is 10.2 Å². The van der Waals surface area contributed by atoms with Gasteiger partial charge in [-0.2, -0.15) is 0 Å². The zero-order valence-corrected chi connectivity index (χ0v) is 19.1. The fourth-order valence-corrected chi connectivity index (χ4v) is 5.73. The lowest BCUT2D eigenvalue weighted by Gasteiger charge is -2.34. The van der Waals surface area contributed by atoms with Gasteiger partial charge in [-0.1, -0.05) is 17.7 Å². The zero-order chi connectivity index (χ0) is 23.9. The topological polar surface area (TPSA) is 119 Å². The molecule has 4 atom stereocenters. The van der Waals surface area contributed by atoms with Gasteiger partial charge in [-0.3, -0.25) is 24.6 Å². The Bertz CT molecular complexity index is 1220. The number of hydrogen-bond acceptors (Lipinski definition) is 6. The number of benzene rings is 2. The van der Waals surface area contributed by atoms with E-state index in [0.29, 0.717) is 21.8 Å². The van der Waals surface area contributed by atoms with Crippen LogP contribution in [0.15, 0.2) is 36.4 Å². The van der Waals surface area contributed by atoms with E-state index in [4.69, 9.17) is 11.6 Å². The lowest BCUT2D eigenvalue weighted by molar-refractivity contribution is -0.147. The van der Waals surface area contributed by atoms with Crippen LogP contribution in [0.2, 0.25) is 5.02 Å². The molecule has 2 aromatic carbocycles. The van der Waals surface area contributed by atoms with Crippen LogP contribution in [0.25, 0.3) is 0 Å². The molecule has 9 heteroatoms. The number of nitrogens with one attached hydrogen (secondary N) is 2. The Labute approximate surface area is 195 Å². The van der Waals surface area contributed by atoms with E-state index in [1.54, 1.807) is 45.0 Å². The molecule has 3 aliphatic rings. The molecule has 1 spiro atoms. The van der Waals surface area contributed by atoms with Crippen molar-refractivity contribution in [1.29, 1.82) is 0 Å². The summed E-state index contributed by atoms with van der Waals surface area (Å²) in [6.45, 7) is 5.36. The van der Waals surface area contributed by atoms with E-state index in [1.807, 2.05) is 0 Å². The van der Waals surface area contributed by atoms with Gasteiger partial charge in [0.2, 0.25) is 17.7 Å². The second-order valence-corrected chi connectivity index (χ2v) is 10.4. The number of fused-ring (bicyclic) bond motifs is 4. The van der Waals surface area contributed by atoms with E-state index in [1.165, 1.54) is 17.0 Å². The fourth-order valence-electron chi connectivity index (χ4n) is 5.56. The van der Waals surface area contributed by atoms with Crippen LogP contribution >= 0.6 is 11.6 Å². The van der Waals surface area contributed by atoms with Crippen LogP contribution in [0.4, 0.5) is 5.69 Å². The summed E-state index contributed by atoms with van der Waals surface area (Å²) in [5.41, 5.74) is -0.456. The quantitative estimate of drug-likeness (QED) is 0.396. The maximum absolute atomic E-state index is 13.7. The third-order valence-corrected chi connectivity index (χ3v) is 7.08. The lowest BCUT2D eigenvalue weighted by Crippen LogP contribution is -2.56. The number of phenols is 2. The molecule has 0 saturated carbocycles. The number of anilines is 1. The first kappa shape index (κ1) is 21.7. The van der Waals surface area contributed by atoms with Gasteiger partial charge in [-0.25, -0.2) is 0 Å². The van der Waals surface area contributed by atoms with Gasteiger partial charge in [0.15, 0.2) is 11.5 Å². The third-order valence-electron chi connectivity index (χ3n) is 6.84. The second-order valence-electron chi connectivity index (χ2n) is 9.92. The standard InChI is InChI=1S/C24H24ClN3O5/c1-23(2,3)28-20(31)18-15(8-11-4-7-16(29)17(30)9-11)27-24(19(18)21(28)32)13-10-12(25)5-6-14(13)26-22(24)33/h4-7,9-10,15,18-19,27,29-30H,8H2,1-3H3,(H,26,33)/t15-,18+,19+,24-/m1/s1. The number of hydrogen-bond donors (Lipinski definition) is 4. The van der Waals surface area contributed by atoms with Crippen LogP contribution < -0.4 is 10.6 Å². The number of aromatic hydroxyl groups is 2. The summed E-state index contributed by atoms with van der Waals surface area (Å²) in [5.74, 6) is -3.40. The Morgan fingerprint density at radius 1 is 1.03 bits per heavy atom. The number of nitrogens with zero attached hydrogens (tertiary/aromatic N) is 1. The number of amides is 3. The molecule has 2 saturated heterocycles. The van der Waals surface area contributed by atoms with Crippen LogP contribution in [0, 0.1) is 11.8 Å². The van der Waals surface area contributed by atoms with Gasteiger partial charge in [0.05, 0.1) is 11.8 Å². The van der Waals surface area contributed by atoms with Crippen molar-refractivity contribution >= 4 is 35.0 Å². The van der Waals surface area contributed by atoms with Gasteiger partial charge >= 0.3 is 0 Å². The monoisotopic (exact) mass is 469 g/mol. The third kappa shape index (κ3) is 2.97. The molecule has 33 heavy (non-hydrogen) atoms. The first-order valence-corrected chi connectivity index (χ1v) is 11.1. The molecule has 4 N–H and O–H groups in total. The SMILES string of the molecule is CC(C)(C)N1C(=O)[C@@H]2[C@@H](C1=O)[C@@]1(N[C@@H]2Cc2ccc(O)c(O)c2)C(=O)Nc2ccc(Cl)cc21. The van der Waals surface area contributed by atoms with E-state index in [0.717, 1.165) is 0 Å². The lowest BCUT2D eigenvalue weighted by atomic mass is 9.76. The Morgan fingerprint density at radius 2 is 1.76 bits per heavy atom. The average molecular weight is 470 g/mol. The molecular formula is C24H24ClN3O5. The van der Waals surface area contributed by atoms with Crippen LogP contribution in [0.5, 0.6) is 11.5 Å². The summed E-state index contributed by atoms with van der Waals surface area (Å²) >= 11 is 6.26. The first-order valence-electron chi connectivity index (χ1n) is 10.7. The molecule has 3 aliphatic heterocycles. The molecule has 8 nitrogen and oxygen atoms in total. The van der Waals surface area contributed by atoms with Crippen molar-refractivity contribution in [3.05, 3.63) is 52.5 Å². The molecule has 3 heterocycles. The molecule has 0 radical (unpaired) electrons. The highest BCUT2D eigenvalue weighted by Gasteiger charge is 2.71. The number of halogens is 1. The van der Waals surface area contributed by atoms with Crippen molar-refractivity contribution in [2.24, 2.45) is 11.8 Å². The van der Waals surface area contributed by atoms with Crippen molar-refractivity contribution < 1.29 is 24.6 Å². The molecule has 3 amide bonds. The van der Waals surface area contributed by atoms with Crippen molar-refractivity contribution in [2.75, 3.05) is 5.32 Å². The van der Waals surface area contributed by atoms with E-state index in [2.05, 4.69) is 10.6 Å². The Morgan fingerprint density at radius 3 is 2.42 bits per heavy atom. The average Bonchev–Trinajstić information content (AvgIpc) is 3.29. The highest BCUT2D eigenvalue weighted by atomic mass is 35.5. The smallest absolute Gasteiger partial charge is 0.250 e. The molecule has 172 valence electrons. The summed E-state index contributed by atoms with van der Waals surface area (Å²) in [6, 6.07) is 8.86. The number of carbonyl (C=O) groups is 3. The molecule has 2 fully saturated rings. The maximum atomic E-state index is 13.7. The maximum Gasteiger partial charge on any atom is 0.250 e. The molecule has 0 aromatic heterocycles. The first-order chi connectivity index (χ1) is 15.4. The summed E-state index contributed by atoms with van der Waals surface area (Å²) in [4.78, 5) is 42.0. The molecule has 0 bridgehead atoms. The Hall–Kier alpha value is -3.10. The number of rotatable bonds is 2. The number of carbonyl (C=O) groups excluding carboxylic acids is 3. The number of likely N-dealkylation sites (tertiary alicyclic amines) is 1.